The van der Waals surface area contributed by atoms with Crippen LogP contribution in [0.1, 0.15) is 22.3 Å². The number of hydrogen-bond acceptors (Lipinski definition) is 2. The van der Waals surface area contributed by atoms with Crippen LogP contribution in [0.4, 0.5) is 52.7 Å². The standard InChI is InChI=1S/C16H6F12NS2.Cs/c17-13(18,19)7-1-8(14(20,21)22)4-11(3-7)30-29-31-12-5-9(15(23,24)25)2-10(6-12)16(26,27)28;/h1-6H;/q-1;+1. The molecule has 0 spiro atoms. The molecule has 172 valence electrons. The summed E-state index contributed by atoms with van der Waals surface area (Å²) >= 11 is 0.0560. The van der Waals surface area contributed by atoms with E-state index in [9.17, 15) is 52.7 Å². The molecule has 2 aromatic rings. The number of benzene rings is 2. The monoisotopic (exact) mass is 637 g/mol. The number of nitrogens with zero attached hydrogens (tertiary/aromatic N) is 1. The van der Waals surface area contributed by atoms with Gasteiger partial charge in [-0.25, -0.2) is 23.9 Å². The first kappa shape index (κ1) is 30.3. The molecule has 32 heavy (non-hydrogen) atoms. The minimum Gasteiger partial charge on any atom is -0.542 e. The minimum absolute atomic E-state index is 0. The van der Waals surface area contributed by atoms with Gasteiger partial charge < -0.3 is 4.13 Å². The molecule has 2 rings (SSSR count). The molecule has 0 bridgehead atoms. The summed E-state index contributed by atoms with van der Waals surface area (Å²) in [5.41, 5.74) is -6.60. The van der Waals surface area contributed by atoms with Crippen LogP contribution in [0.3, 0.4) is 0 Å². The average molecular weight is 637 g/mol. The second-order valence-corrected chi connectivity index (χ2v) is 7.64. The van der Waals surface area contributed by atoms with Gasteiger partial charge in [-0.3, -0.25) is 0 Å². The van der Waals surface area contributed by atoms with Crippen molar-refractivity contribution in [2.75, 3.05) is 0 Å². The molecule has 0 aliphatic rings. The SMILES string of the molecule is FC(F)(F)c1cc(S[N-]Sc2cc(C(F)(F)F)cc(C(F)(F)F)c2)cc(C(F)(F)F)c1.[Cs+]. The molecule has 0 radical (unpaired) electrons. The Kier molecular flexibility index (Phi) is 10.4. The van der Waals surface area contributed by atoms with Gasteiger partial charge in [-0.05, 0) is 46.2 Å². The van der Waals surface area contributed by atoms with Gasteiger partial charge in [-0.1, -0.05) is 0 Å². The van der Waals surface area contributed by atoms with E-state index in [-0.39, 0.29) is 105 Å². The predicted molar refractivity (Wildman–Crippen MR) is 88.0 cm³/mol. The molecule has 0 atom stereocenters. The topological polar surface area (TPSA) is 14.1 Å². The van der Waals surface area contributed by atoms with Crippen molar-refractivity contribution in [1.29, 1.82) is 0 Å². The number of halogens is 12. The quantitative estimate of drug-likeness (QED) is 0.309. The summed E-state index contributed by atoms with van der Waals surface area (Å²) in [7, 11) is 0. The van der Waals surface area contributed by atoms with E-state index in [1.54, 1.807) is 0 Å². The molecule has 0 heterocycles. The Morgan fingerprint density at radius 2 is 0.656 bits per heavy atom. The summed E-state index contributed by atoms with van der Waals surface area (Å²) < 4.78 is 157. The largest absolute Gasteiger partial charge is 1.00 e. The van der Waals surface area contributed by atoms with Gasteiger partial charge in [0.15, 0.2) is 0 Å². The van der Waals surface area contributed by atoms with Crippen LogP contribution >= 0.6 is 23.9 Å². The van der Waals surface area contributed by atoms with Gasteiger partial charge in [0.2, 0.25) is 0 Å². The maximum atomic E-state index is 12.8. The normalized spacial score (nSPS) is 13.1. The second-order valence-electron chi connectivity index (χ2n) is 5.74. The van der Waals surface area contributed by atoms with E-state index in [0.717, 1.165) is 0 Å². The Balaban J connectivity index is 0.00000512. The molecule has 0 saturated heterocycles. The van der Waals surface area contributed by atoms with Gasteiger partial charge in [-0.2, -0.15) is 52.7 Å². The number of alkyl halides is 12. The minimum atomic E-state index is -5.13. The van der Waals surface area contributed by atoms with Gasteiger partial charge in [0.25, 0.3) is 0 Å². The zero-order valence-corrected chi connectivity index (χ0v) is 23.2. The van der Waals surface area contributed by atoms with Crippen molar-refractivity contribution in [3.8, 4) is 0 Å². The molecule has 0 saturated carbocycles. The zero-order chi connectivity index (χ0) is 23.8. The molecule has 16 heteroatoms. The second kappa shape index (κ2) is 10.9. The molecular weight excluding hydrogens is 631 g/mol. The summed E-state index contributed by atoms with van der Waals surface area (Å²) in [6.45, 7) is 0. The van der Waals surface area contributed by atoms with Crippen LogP contribution in [-0.2, 0) is 24.7 Å². The molecule has 0 aromatic heterocycles. The summed E-state index contributed by atoms with van der Waals surface area (Å²) in [4.78, 5) is -1.34. The molecule has 0 unspecified atom stereocenters. The van der Waals surface area contributed by atoms with E-state index < -0.39 is 56.7 Å². The van der Waals surface area contributed by atoms with Crippen LogP contribution in [0.25, 0.3) is 4.13 Å². The van der Waals surface area contributed by atoms with Crippen LogP contribution in [-0.4, -0.2) is 0 Å². The van der Waals surface area contributed by atoms with Crippen molar-refractivity contribution in [3.63, 3.8) is 0 Å². The maximum Gasteiger partial charge on any atom is 1.00 e. The number of hydrogen-bond donors (Lipinski definition) is 0. The Bertz CT molecular complexity index is 795. The van der Waals surface area contributed by atoms with Crippen molar-refractivity contribution < 1.29 is 122 Å². The van der Waals surface area contributed by atoms with Crippen molar-refractivity contribution in [1.82, 2.24) is 0 Å². The Morgan fingerprint density at radius 1 is 0.438 bits per heavy atom. The first-order chi connectivity index (χ1) is 13.9. The molecule has 0 aliphatic heterocycles. The fourth-order valence-corrected chi connectivity index (χ4v) is 3.62. The third-order valence-electron chi connectivity index (χ3n) is 3.41. The Hall–Kier alpha value is 0.312. The molecule has 0 fully saturated rings. The van der Waals surface area contributed by atoms with Gasteiger partial charge in [0.05, 0.1) is 22.3 Å². The summed E-state index contributed by atoms with van der Waals surface area (Å²) in [5.74, 6) is 0. The molecule has 1 nitrogen and oxygen atoms in total. The van der Waals surface area contributed by atoms with Gasteiger partial charge in [-0.15, -0.1) is 0 Å². The van der Waals surface area contributed by atoms with E-state index in [2.05, 4.69) is 4.13 Å². The molecular formula is C16H6CsF12NS2. The third-order valence-corrected chi connectivity index (χ3v) is 4.90. The molecule has 0 N–H and O–H groups in total. The van der Waals surface area contributed by atoms with Crippen molar-refractivity contribution in [3.05, 3.63) is 62.8 Å². The fraction of sp³-hybridized carbons (Fsp3) is 0.250. The van der Waals surface area contributed by atoms with E-state index in [1.165, 1.54) is 0 Å². The maximum absolute atomic E-state index is 12.8. The van der Waals surface area contributed by atoms with Crippen molar-refractivity contribution in [2.45, 2.75) is 34.5 Å². The van der Waals surface area contributed by atoms with Crippen LogP contribution in [0.15, 0.2) is 46.2 Å². The van der Waals surface area contributed by atoms with E-state index in [0.29, 0.717) is 24.3 Å². The van der Waals surface area contributed by atoms with Crippen LogP contribution < -0.4 is 68.9 Å². The molecule has 0 aliphatic carbocycles. The van der Waals surface area contributed by atoms with Crippen molar-refractivity contribution in [2.24, 2.45) is 0 Å². The van der Waals surface area contributed by atoms with Crippen LogP contribution in [0.5, 0.6) is 0 Å². The number of rotatable bonds is 4. The zero-order valence-electron chi connectivity index (χ0n) is 15.3. The molecule has 2 aromatic carbocycles. The van der Waals surface area contributed by atoms with E-state index >= 15 is 0 Å². The third kappa shape index (κ3) is 8.83. The van der Waals surface area contributed by atoms with Crippen LogP contribution in [0.2, 0.25) is 0 Å². The first-order valence-electron chi connectivity index (χ1n) is 7.51. The summed E-state index contributed by atoms with van der Waals surface area (Å²) in [6.07, 6.45) is -20.5. The summed E-state index contributed by atoms with van der Waals surface area (Å²) in [5, 5.41) is 0. The first-order valence-corrected chi connectivity index (χ1v) is 9.05. The van der Waals surface area contributed by atoms with Gasteiger partial charge in [0, 0.05) is 0 Å². The smallest absolute Gasteiger partial charge is 0.542 e. The average Bonchev–Trinajstić information content (AvgIpc) is 2.58. The van der Waals surface area contributed by atoms with E-state index in [1.807, 2.05) is 0 Å². The van der Waals surface area contributed by atoms with Crippen molar-refractivity contribution >= 4 is 23.9 Å². The van der Waals surface area contributed by atoms with E-state index in [4.69, 9.17) is 0 Å². The molecule has 0 amide bonds. The van der Waals surface area contributed by atoms with Gasteiger partial charge in [0.1, 0.15) is 0 Å². The predicted octanol–water partition coefficient (Wildman–Crippen LogP) is 5.85. The Labute approximate surface area is 239 Å². The van der Waals surface area contributed by atoms with Crippen LogP contribution in [0, 0.1) is 0 Å². The Morgan fingerprint density at radius 3 is 0.844 bits per heavy atom. The van der Waals surface area contributed by atoms with Gasteiger partial charge >= 0.3 is 93.6 Å². The summed E-state index contributed by atoms with van der Waals surface area (Å²) in [6, 6.07) is 0.988. The fourth-order valence-electron chi connectivity index (χ4n) is 2.06.